The Labute approximate surface area is 116 Å². The Kier molecular flexibility index (Phi) is 3.28. The van der Waals surface area contributed by atoms with E-state index in [2.05, 4.69) is 5.10 Å². The molecule has 2 heterocycles. The lowest BCUT2D eigenvalue weighted by Gasteiger charge is -2.17. The predicted molar refractivity (Wildman–Crippen MR) is 72.7 cm³/mol. The van der Waals surface area contributed by atoms with Crippen molar-refractivity contribution >= 4 is 5.97 Å². The van der Waals surface area contributed by atoms with E-state index < -0.39 is 18.0 Å². The summed E-state index contributed by atoms with van der Waals surface area (Å²) in [6, 6.07) is 9.71. The van der Waals surface area contributed by atoms with Gasteiger partial charge in [0.25, 0.3) is 0 Å². The number of rotatable bonds is 3. The first-order chi connectivity index (χ1) is 9.68. The van der Waals surface area contributed by atoms with Crippen LogP contribution in [0.1, 0.15) is 23.8 Å². The highest BCUT2D eigenvalue weighted by atomic mass is 16.5. The van der Waals surface area contributed by atoms with Gasteiger partial charge in [-0.1, -0.05) is 18.2 Å². The average molecular weight is 272 g/mol. The second-order valence-electron chi connectivity index (χ2n) is 4.98. The Morgan fingerprint density at radius 1 is 1.40 bits per heavy atom. The van der Waals surface area contributed by atoms with Gasteiger partial charge in [0, 0.05) is 12.8 Å². The third kappa shape index (κ3) is 2.10. The van der Waals surface area contributed by atoms with Crippen molar-refractivity contribution in [3.05, 3.63) is 47.8 Å². The van der Waals surface area contributed by atoms with E-state index in [1.54, 1.807) is 10.9 Å². The number of nitrogens with zero attached hydrogens (tertiary/aromatic N) is 2. The lowest BCUT2D eigenvalue weighted by molar-refractivity contribution is -0.143. The largest absolute Gasteiger partial charge is 0.481 e. The quantitative estimate of drug-likeness (QED) is 0.931. The molecule has 1 aliphatic heterocycles. The molecule has 1 aromatic heterocycles. The lowest BCUT2D eigenvalue weighted by Crippen LogP contribution is -2.20. The summed E-state index contributed by atoms with van der Waals surface area (Å²) in [5, 5.41) is 13.6. The van der Waals surface area contributed by atoms with Gasteiger partial charge in [0.15, 0.2) is 0 Å². The molecule has 1 aromatic carbocycles. The van der Waals surface area contributed by atoms with Crippen LogP contribution in [0.25, 0.3) is 5.69 Å². The standard InChI is InChI=1S/C15H16N2O3/c1-10-4-2-3-5-12(10)17-13(6-8-16-17)14-11(15(18)19)7-9-20-14/h2-6,8,11,14H,7,9H2,1H3,(H,18,19)/t11-,14-/m1/s1. The van der Waals surface area contributed by atoms with E-state index in [1.807, 2.05) is 37.3 Å². The summed E-state index contributed by atoms with van der Waals surface area (Å²) in [7, 11) is 0. The molecule has 0 spiro atoms. The van der Waals surface area contributed by atoms with E-state index in [9.17, 15) is 9.90 Å². The summed E-state index contributed by atoms with van der Waals surface area (Å²) in [6.45, 7) is 2.48. The van der Waals surface area contributed by atoms with Crippen LogP contribution in [0.4, 0.5) is 0 Å². The molecule has 104 valence electrons. The van der Waals surface area contributed by atoms with Gasteiger partial charge in [-0.25, -0.2) is 4.68 Å². The molecule has 1 fully saturated rings. The van der Waals surface area contributed by atoms with E-state index in [-0.39, 0.29) is 0 Å². The van der Waals surface area contributed by atoms with Crippen LogP contribution >= 0.6 is 0 Å². The second-order valence-corrected chi connectivity index (χ2v) is 4.98. The van der Waals surface area contributed by atoms with Gasteiger partial charge < -0.3 is 9.84 Å². The third-order valence-corrected chi connectivity index (χ3v) is 3.72. The zero-order chi connectivity index (χ0) is 14.1. The zero-order valence-electron chi connectivity index (χ0n) is 11.2. The number of aryl methyl sites for hydroxylation is 1. The monoisotopic (exact) mass is 272 g/mol. The van der Waals surface area contributed by atoms with Crippen LogP contribution in [0.2, 0.25) is 0 Å². The molecule has 2 atom stereocenters. The zero-order valence-corrected chi connectivity index (χ0v) is 11.2. The van der Waals surface area contributed by atoms with Gasteiger partial charge in [-0.3, -0.25) is 4.79 Å². The molecule has 5 heteroatoms. The van der Waals surface area contributed by atoms with Crippen molar-refractivity contribution in [3.8, 4) is 5.69 Å². The first-order valence-corrected chi connectivity index (χ1v) is 6.63. The van der Waals surface area contributed by atoms with Crippen molar-refractivity contribution in [2.75, 3.05) is 6.61 Å². The Morgan fingerprint density at radius 2 is 2.20 bits per heavy atom. The second kappa shape index (κ2) is 5.09. The average Bonchev–Trinajstić information content (AvgIpc) is 3.07. The molecule has 0 unspecified atom stereocenters. The Bertz CT molecular complexity index is 636. The van der Waals surface area contributed by atoms with Crippen LogP contribution in [0.5, 0.6) is 0 Å². The van der Waals surface area contributed by atoms with E-state index >= 15 is 0 Å². The first kappa shape index (κ1) is 12.9. The van der Waals surface area contributed by atoms with Crippen molar-refractivity contribution in [2.45, 2.75) is 19.4 Å². The van der Waals surface area contributed by atoms with Gasteiger partial charge in [-0.15, -0.1) is 0 Å². The maximum absolute atomic E-state index is 11.3. The molecule has 3 rings (SSSR count). The summed E-state index contributed by atoms with van der Waals surface area (Å²) in [5.41, 5.74) is 2.83. The molecule has 1 aliphatic rings. The molecule has 20 heavy (non-hydrogen) atoms. The smallest absolute Gasteiger partial charge is 0.309 e. The lowest BCUT2D eigenvalue weighted by atomic mass is 9.99. The number of para-hydroxylation sites is 1. The van der Waals surface area contributed by atoms with Crippen LogP contribution in [0, 0.1) is 12.8 Å². The molecule has 2 aromatic rings. The molecule has 5 nitrogen and oxygen atoms in total. The highest BCUT2D eigenvalue weighted by molar-refractivity contribution is 5.71. The minimum absolute atomic E-state index is 0.436. The maximum Gasteiger partial charge on any atom is 0.309 e. The highest BCUT2D eigenvalue weighted by Crippen LogP contribution is 2.35. The molecule has 0 saturated carbocycles. The Balaban J connectivity index is 2.03. The number of benzene rings is 1. The number of aromatic nitrogens is 2. The van der Waals surface area contributed by atoms with E-state index in [0.717, 1.165) is 16.9 Å². The van der Waals surface area contributed by atoms with Gasteiger partial charge in [-0.05, 0) is 31.0 Å². The fourth-order valence-corrected chi connectivity index (χ4v) is 2.67. The predicted octanol–water partition coefficient (Wildman–Crippen LogP) is 2.34. The Hall–Kier alpha value is -2.14. The summed E-state index contributed by atoms with van der Waals surface area (Å²) in [6.07, 6.45) is 1.79. The van der Waals surface area contributed by atoms with Crippen LogP contribution in [-0.4, -0.2) is 27.5 Å². The SMILES string of the molecule is Cc1ccccc1-n1nccc1[C@@H]1OCC[C@H]1C(=O)O. The minimum atomic E-state index is -0.815. The van der Waals surface area contributed by atoms with Gasteiger partial charge >= 0.3 is 5.97 Å². The van der Waals surface area contributed by atoms with Crippen LogP contribution in [-0.2, 0) is 9.53 Å². The number of carboxylic acids is 1. The molecular formula is C15H16N2O3. The van der Waals surface area contributed by atoms with Crippen molar-refractivity contribution < 1.29 is 14.6 Å². The van der Waals surface area contributed by atoms with E-state index in [0.29, 0.717) is 13.0 Å². The van der Waals surface area contributed by atoms with Gasteiger partial charge in [0.05, 0.1) is 17.3 Å². The summed E-state index contributed by atoms with van der Waals surface area (Å²) in [4.78, 5) is 11.3. The van der Waals surface area contributed by atoms with Crippen molar-refractivity contribution in [2.24, 2.45) is 5.92 Å². The maximum atomic E-state index is 11.3. The fourth-order valence-electron chi connectivity index (χ4n) is 2.67. The molecule has 0 amide bonds. The number of ether oxygens (including phenoxy) is 1. The molecule has 0 bridgehead atoms. The molecule has 1 N–H and O–H groups in total. The highest BCUT2D eigenvalue weighted by Gasteiger charge is 2.37. The van der Waals surface area contributed by atoms with Crippen LogP contribution in [0.15, 0.2) is 36.5 Å². The van der Waals surface area contributed by atoms with Gasteiger partial charge in [-0.2, -0.15) is 5.10 Å². The number of aliphatic carboxylic acids is 1. The van der Waals surface area contributed by atoms with Crippen LogP contribution < -0.4 is 0 Å². The summed E-state index contributed by atoms with van der Waals surface area (Å²) in [5.74, 6) is -1.32. The number of hydrogen-bond acceptors (Lipinski definition) is 3. The Morgan fingerprint density at radius 3 is 2.95 bits per heavy atom. The molecule has 0 radical (unpaired) electrons. The molecule has 0 aliphatic carbocycles. The van der Waals surface area contributed by atoms with E-state index in [4.69, 9.17) is 4.74 Å². The van der Waals surface area contributed by atoms with Crippen LogP contribution in [0.3, 0.4) is 0 Å². The third-order valence-electron chi connectivity index (χ3n) is 3.72. The minimum Gasteiger partial charge on any atom is -0.481 e. The summed E-state index contributed by atoms with van der Waals surface area (Å²) < 4.78 is 7.41. The van der Waals surface area contributed by atoms with Gasteiger partial charge in [0.2, 0.25) is 0 Å². The van der Waals surface area contributed by atoms with Crippen molar-refractivity contribution in [1.82, 2.24) is 9.78 Å². The number of carboxylic acid groups (broad SMARTS) is 1. The number of hydrogen-bond donors (Lipinski definition) is 1. The molecule has 1 saturated heterocycles. The number of carbonyl (C=O) groups is 1. The fraction of sp³-hybridized carbons (Fsp3) is 0.333. The topological polar surface area (TPSA) is 64.4 Å². The summed E-state index contributed by atoms with van der Waals surface area (Å²) >= 11 is 0. The first-order valence-electron chi connectivity index (χ1n) is 6.63. The molecular weight excluding hydrogens is 256 g/mol. The van der Waals surface area contributed by atoms with Gasteiger partial charge in [0.1, 0.15) is 6.10 Å². The van der Waals surface area contributed by atoms with E-state index in [1.165, 1.54) is 0 Å². The normalized spacial score (nSPS) is 22.1. The van der Waals surface area contributed by atoms with Crippen molar-refractivity contribution in [1.29, 1.82) is 0 Å². The van der Waals surface area contributed by atoms with Crippen molar-refractivity contribution in [3.63, 3.8) is 0 Å².